The number of hydrogen-bond donors (Lipinski definition) is 2. The van der Waals surface area contributed by atoms with Gasteiger partial charge in [-0.15, -0.1) is 0 Å². The first-order valence-corrected chi connectivity index (χ1v) is 10.5. The van der Waals surface area contributed by atoms with Gasteiger partial charge in [0.2, 0.25) is 0 Å². The highest BCUT2D eigenvalue weighted by atomic mass is 16.5. The molecule has 170 valence electrons. The van der Waals surface area contributed by atoms with E-state index >= 15 is 0 Å². The van der Waals surface area contributed by atoms with E-state index in [0.717, 1.165) is 5.56 Å². The Balaban J connectivity index is 1.38. The zero-order valence-electron chi connectivity index (χ0n) is 18.6. The Morgan fingerprint density at radius 2 is 1.24 bits per heavy atom. The van der Waals surface area contributed by atoms with Crippen LogP contribution in [0.1, 0.15) is 38.2 Å². The number of furan rings is 1. The Morgan fingerprint density at radius 3 is 1.82 bits per heavy atom. The van der Waals surface area contributed by atoms with Crippen molar-refractivity contribution in [2.24, 2.45) is 0 Å². The van der Waals surface area contributed by atoms with Gasteiger partial charge in [0.1, 0.15) is 11.5 Å². The molecule has 0 aliphatic heterocycles. The summed E-state index contributed by atoms with van der Waals surface area (Å²) in [6.45, 7) is 1.50. The third-order valence-electron chi connectivity index (χ3n) is 5.16. The number of ketones is 1. The van der Waals surface area contributed by atoms with Crippen LogP contribution in [0.5, 0.6) is 5.75 Å². The van der Waals surface area contributed by atoms with E-state index in [0.29, 0.717) is 34.0 Å². The number of ether oxygens (including phenoxy) is 1. The summed E-state index contributed by atoms with van der Waals surface area (Å²) < 4.78 is 10.8. The summed E-state index contributed by atoms with van der Waals surface area (Å²) in [6, 6.07) is 23.8. The molecule has 0 saturated heterocycles. The number of amides is 2. The van der Waals surface area contributed by atoms with Gasteiger partial charge in [-0.05, 0) is 67.6 Å². The van der Waals surface area contributed by atoms with E-state index in [-0.39, 0.29) is 17.5 Å². The van der Waals surface area contributed by atoms with E-state index in [1.807, 2.05) is 0 Å². The molecule has 7 nitrogen and oxygen atoms in total. The predicted octanol–water partition coefficient (Wildman–Crippen LogP) is 5.66. The second-order valence-electron chi connectivity index (χ2n) is 7.51. The molecule has 34 heavy (non-hydrogen) atoms. The van der Waals surface area contributed by atoms with Crippen LogP contribution in [-0.2, 0) is 0 Å². The molecule has 4 aromatic rings. The molecule has 1 aromatic heterocycles. The molecule has 0 spiro atoms. The van der Waals surface area contributed by atoms with Gasteiger partial charge in [0.05, 0.1) is 7.11 Å². The first-order chi connectivity index (χ1) is 16.4. The van der Waals surface area contributed by atoms with E-state index in [2.05, 4.69) is 10.6 Å². The number of hydrogen-bond acceptors (Lipinski definition) is 5. The second-order valence-corrected chi connectivity index (χ2v) is 7.51. The smallest absolute Gasteiger partial charge is 0.291 e. The number of benzene rings is 3. The number of Topliss-reactive ketones (excluding diaryl/α,β-unsaturated/α-hetero) is 1. The third kappa shape index (κ3) is 5.21. The van der Waals surface area contributed by atoms with Crippen LogP contribution in [-0.4, -0.2) is 24.7 Å². The van der Waals surface area contributed by atoms with E-state index in [1.54, 1.807) is 92.0 Å². The zero-order valence-corrected chi connectivity index (χ0v) is 18.6. The SMILES string of the molecule is COc1ccc(NC(=O)c2ccc(NC(=O)c3ccc(-c4ccc(C(C)=O)cc4)o3)cc2)cc1. The fourth-order valence-corrected chi connectivity index (χ4v) is 3.26. The van der Waals surface area contributed by atoms with Crippen molar-refractivity contribution in [3.05, 3.63) is 102 Å². The molecule has 2 N–H and O–H groups in total. The minimum absolute atomic E-state index is 0.0182. The number of rotatable bonds is 7. The Kier molecular flexibility index (Phi) is 6.54. The summed E-state index contributed by atoms with van der Waals surface area (Å²) in [4.78, 5) is 36.5. The Morgan fingerprint density at radius 1 is 0.676 bits per heavy atom. The van der Waals surface area contributed by atoms with Crippen LogP contribution in [0.3, 0.4) is 0 Å². The van der Waals surface area contributed by atoms with Crippen LogP contribution in [0.4, 0.5) is 11.4 Å². The van der Waals surface area contributed by atoms with Gasteiger partial charge in [0, 0.05) is 28.1 Å². The fraction of sp³-hybridized carbons (Fsp3) is 0.0741. The molecule has 2 amide bonds. The molecule has 0 radical (unpaired) electrons. The normalized spacial score (nSPS) is 10.4. The highest BCUT2D eigenvalue weighted by molar-refractivity contribution is 6.05. The van der Waals surface area contributed by atoms with Crippen LogP contribution in [0.25, 0.3) is 11.3 Å². The fourth-order valence-electron chi connectivity index (χ4n) is 3.26. The summed E-state index contributed by atoms with van der Waals surface area (Å²) in [7, 11) is 1.58. The minimum atomic E-state index is -0.415. The zero-order chi connectivity index (χ0) is 24.1. The minimum Gasteiger partial charge on any atom is -0.497 e. The van der Waals surface area contributed by atoms with E-state index in [9.17, 15) is 14.4 Å². The molecule has 0 atom stereocenters. The molecular weight excluding hydrogens is 432 g/mol. The van der Waals surface area contributed by atoms with Crippen LogP contribution < -0.4 is 15.4 Å². The van der Waals surface area contributed by atoms with Gasteiger partial charge in [0.25, 0.3) is 11.8 Å². The van der Waals surface area contributed by atoms with Gasteiger partial charge in [-0.25, -0.2) is 0 Å². The van der Waals surface area contributed by atoms with Crippen LogP contribution in [0.15, 0.2) is 89.3 Å². The summed E-state index contributed by atoms with van der Waals surface area (Å²) in [5.41, 5.74) is 2.98. The van der Waals surface area contributed by atoms with Crippen molar-refractivity contribution >= 4 is 29.0 Å². The lowest BCUT2D eigenvalue weighted by atomic mass is 10.1. The van der Waals surface area contributed by atoms with Crippen molar-refractivity contribution in [1.29, 1.82) is 0 Å². The topological polar surface area (TPSA) is 97.6 Å². The van der Waals surface area contributed by atoms with Crippen molar-refractivity contribution in [3.8, 4) is 17.1 Å². The molecule has 0 saturated carbocycles. The summed E-state index contributed by atoms with van der Waals surface area (Å²) in [6.07, 6.45) is 0. The van der Waals surface area contributed by atoms with Gasteiger partial charge < -0.3 is 19.8 Å². The van der Waals surface area contributed by atoms with Gasteiger partial charge in [0.15, 0.2) is 11.5 Å². The largest absolute Gasteiger partial charge is 0.497 e. The maximum atomic E-state index is 12.6. The summed E-state index contributed by atoms with van der Waals surface area (Å²) >= 11 is 0. The molecule has 3 aromatic carbocycles. The van der Waals surface area contributed by atoms with Crippen molar-refractivity contribution in [1.82, 2.24) is 0 Å². The van der Waals surface area contributed by atoms with Gasteiger partial charge in [-0.1, -0.05) is 24.3 Å². The number of nitrogens with one attached hydrogen (secondary N) is 2. The number of carbonyl (C=O) groups is 3. The summed E-state index contributed by atoms with van der Waals surface area (Å²) in [5, 5.41) is 5.56. The monoisotopic (exact) mass is 454 g/mol. The molecule has 0 fully saturated rings. The highest BCUT2D eigenvalue weighted by Crippen LogP contribution is 2.24. The average Bonchev–Trinajstić information content (AvgIpc) is 3.35. The average molecular weight is 454 g/mol. The van der Waals surface area contributed by atoms with Gasteiger partial charge in [-0.3, -0.25) is 14.4 Å². The van der Waals surface area contributed by atoms with Crippen LogP contribution >= 0.6 is 0 Å². The van der Waals surface area contributed by atoms with Crippen LogP contribution in [0.2, 0.25) is 0 Å². The molecule has 7 heteroatoms. The highest BCUT2D eigenvalue weighted by Gasteiger charge is 2.14. The van der Waals surface area contributed by atoms with E-state index in [1.165, 1.54) is 6.92 Å². The molecular formula is C27H22N2O5. The Hall–Kier alpha value is -4.65. The van der Waals surface area contributed by atoms with E-state index in [4.69, 9.17) is 9.15 Å². The first kappa shape index (κ1) is 22.5. The van der Waals surface area contributed by atoms with Crippen molar-refractivity contribution in [3.63, 3.8) is 0 Å². The van der Waals surface area contributed by atoms with Gasteiger partial charge in [-0.2, -0.15) is 0 Å². The predicted molar refractivity (Wildman–Crippen MR) is 129 cm³/mol. The number of carbonyl (C=O) groups excluding carboxylic acids is 3. The quantitative estimate of drug-likeness (QED) is 0.351. The van der Waals surface area contributed by atoms with Crippen molar-refractivity contribution < 1.29 is 23.5 Å². The maximum Gasteiger partial charge on any atom is 0.291 e. The second kappa shape index (κ2) is 9.87. The molecule has 4 rings (SSSR count). The molecule has 0 aliphatic rings. The Labute approximate surface area is 196 Å². The molecule has 0 bridgehead atoms. The molecule has 0 aliphatic carbocycles. The molecule has 0 unspecified atom stereocenters. The first-order valence-electron chi connectivity index (χ1n) is 10.5. The lowest BCUT2D eigenvalue weighted by Gasteiger charge is -2.08. The number of methoxy groups -OCH3 is 1. The third-order valence-corrected chi connectivity index (χ3v) is 5.16. The lowest BCUT2D eigenvalue weighted by Crippen LogP contribution is -2.13. The maximum absolute atomic E-state index is 12.6. The van der Waals surface area contributed by atoms with Crippen molar-refractivity contribution in [2.75, 3.05) is 17.7 Å². The standard InChI is InChI=1S/C27H22N2O5/c1-17(30)18-3-5-19(6-4-18)24-15-16-25(34-24)27(32)29-21-9-7-20(8-10-21)26(31)28-22-11-13-23(33-2)14-12-22/h3-16H,1-2H3,(H,28,31)(H,29,32). The Bertz CT molecular complexity index is 1320. The molecule has 1 heterocycles. The lowest BCUT2D eigenvalue weighted by molar-refractivity contribution is 0.0994. The van der Waals surface area contributed by atoms with Crippen LogP contribution in [0, 0.1) is 0 Å². The number of anilines is 2. The van der Waals surface area contributed by atoms with Crippen molar-refractivity contribution in [2.45, 2.75) is 6.92 Å². The van der Waals surface area contributed by atoms with E-state index < -0.39 is 5.91 Å². The van der Waals surface area contributed by atoms with Gasteiger partial charge >= 0.3 is 0 Å². The summed E-state index contributed by atoms with van der Waals surface area (Å²) in [5.74, 6) is 0.664.